The molecule has 42 heavy (non-hydrogen) atoms. The highest BCUT2D eigenvalue weighted by Crippen LogP contribution is 2.46. The van der Waals surface area contributed by atoms with Crippen LogP contribution >= 0.6 is 0 Å². The Morgan fingerprint density at radius 3 is 2.07 bits per heavy atom. The van der Waals surface area contributed by atoms with Gasteiger partial charge >= 0.3 is 5.97 Å². The average molecular weight is 580 g/mol. The van der Waals surface area contributed by atoms with Crippen LogP contribution in [0.15, 0.2) is 72.8 Å². The molecule has 3 aromatic carbocycles. The molecular formula is C32H34FNO8. The number of amides is 1. The minimum Gasteiger partial charge on any atom is -0.478 e. The Kier molecular flexibility index (Phi) is 9.00. The topological polar surface area (TPSA) is 148 Å². The monoisotopic (exact) mass is 579 g/mol. The molecule has 0 bridgehead atoms. The van der Waals surface area contributed by atoms with E-state index in [9.17, 15) is 39.5 Å². The number of aromatic carboxylic acids is 1. The molecule has 9 nitrogen and oxygen atoms in total. The predicted molar refractivity (Wildman–Crippen MR) is 150 cm³/mol. The Morgan fingerprint density at radius 1 is 0.833 bits per heavy atom. The Hall–Kier alpha value is -3.67. The van der Waals surface area contributed by atoms with Gasteiger partial charge in [-0.15, -0.1) is 0 Å². The number of aliphatic hydroxyl groups excluding tert-OH is 4. The summed E-state index contributed by atoms with van der Waals surface area (Å²) >= 11 is 0. The van der Waals surface area contributed by atoms with Gasteiger partial charge in [0.05, 0.1) is 30.2 Å². The number of benzene rings is 3. The number of carboxylic acid groups (broad SMARTS) is 1. The number of carbonyl (C=O) groups is 2. The number of carbonyl (C=O) groups excluding carboxylic acids is 1. The van der Waals surface area contributed by atoms with Crippen LogP contribution in [0.2, 0.25) is 0 Å². The number of carboxylic acids is 1. The first-order valence-electron chi connectivity index (χ1n) is 14.0. The van der Waals surface area contributed by atoms with Gasteiger partial charge in [-0.3, -0.25) is 4.79 Å². The number of aliphatic hydroxyl groups is 4. The summed E-state index contributed by atoms with van der Waals surface area (Å²) in [5.74, 6) is -1.72. The van der Waals surface area contributed by atoms with Crippen molar-refractivity contribution >= 4 is 17.6 Å². The molecule has 10 heteroatoms. The lowest BCUT2D eigenvalue weighted by Crippen LogP contribution is -2.59. The average Bonchev–Trinajstić information content (AvgIpc) is 2.99. The van der Waals surface area contributed by atoms with Gasteiger partial charge in [0.15, 0.2) is 0 Å². The van der Waals surface area contributed by atoms with E-state index < -0.39 is 43.1 Å². The molecular weight excluding hydrogens is 545 g/mol. The van der Waals surface area contributed by atoms with Gasteiger partial charge in [0.25, 0.3) is 0 Å². The highest BCUT2D eigenvalue weighted by Gasteiger charge is 2.48. The van der Waals surface area contributed by atoms with Crippen LogP contribution in [0.5, 0.6) is 0 Å². The maximum absolute atomic E-state index is 13.4. The molecule has 2 aliphatic rings. The van der Waals surface area contributed by atoms with Crippen molar-refractivity contribution in [3.8, 4) is 0 Å². The van der Waals surface area contributed by atoms with Crippen molar-refractivity contribution < 1.29 is 44.2 Å². The lowest BCUT2D eigenvalue weighted by Gasteiger charge is -2.48. The largest absolute Gasteiger partial charge is 0.478 e. The van der Waals surface area contributed by atoms with Crippen LogP contribution in [0.25, 0.3) is 0 Å². The van der Waals surface area contributed by atoms with E-state index in [2.05, 4.69) is 0 Å². The number of nitrogens with zero attached hydrogens (tertiary/aromatic N) is 1. The zero-order chi connectivity index (χ0) is 30.0. The van der Waals surface area contributed by atoms with Crippen molar-refractivity contribution in [1.82, 2.24) is 0 Å². The fourth-order valence-corrected chi connectivity index (χ4v) is 5.87. The summed E-state index contributed by atoms with van der Waals surface area (Å²) < 4.78 is 18.9. The van der Waals surface area contributed by atoms with Gasteiger partial charge in [-0.05, 0) is 72.4 Å². The van der Waals surface area contributed by atoms with Gasteiger partial charge in [-0.2, -0.15) is 0 Å². The molecule has 0 spiro atoms. The first-order chi connectivity index (χ1) is 20.2. The highest BCUT2D eigenvalue weighted by atomic mass is 19.1. The zero-order valence-electron chi connectivity index (χ0n) is 22.8. The van der Waals surface area contributed by atoms with E-state index in [1.165, 1.54) is 24.3 Å². The molecule has 2 aliphatic heterocycles. The van der Waals surface area contributed by atoms with Crippen molar-refractivity contribution in [1.29, 1.82) is 0 Å². The molecule has 5 rings (SSSR count). The number of aryl methyl sites for hydroxylation is 1. The molecule has 0 saturated carbocycles. The second-order valence-electron chi connectivity index (χ2n) is 10.9. The van der Waals surface area contributed by atoms with Crippen LogP contribution in [0.3, 0.4) is 0 Å². The quantitative estimate of drug-likeness (QED) is 0.230. The lowest BCUT2D eigenvalue weighted by molar-refractivity contribution is -0.228. The molecule has 3 aromatic rings. The molecule has 2 fully saturated rings. The third kappa shape index (κ3) is 6.08. The van der Waals surface area contributed by atoms with E-state index in [1.54, 1.807) is 29.2 Å². The number of hydrogen-bond acceptors (Lipinski definition) is 7. The van der Waals surface area contributed by atoms with Crippen LogP contribution in [0, 0.1) is 11.7 Å². The smallest absolute Gasteiger partial charge is 0.335 e. The Labute approximate surface area is 242 Å². The third-order valence-corrected chi connectivity index (χ3v) is 8.25. The second-order valence-corrected chi connectivity index (χ2v) is 10.9. The van der Waals surface area contributed by atoms with E-state index in [-0.39, 0.29) is 35.7 Å². The summed E-state index contributed by atoms with van der Waals surface area (Å²) in [5.41, 5.74) is 3.37. The molecule has 0 aromatic heterocycles. The molecule has 5 N–H and O–H groups in total. The first-order valence-corrected chi connectivity index (χ1v) is 14.0. The van der Waals surface area contributed by atoms with E-state index in [4.69, 9.17) is 4.74 Å². The maximum Gasteiger partial charge on any atom is 0.335 e. The summed E-state index contributed by atoms with van der Waals surface area (Å²) in [6.45, 7) is -0.498. The number of hydrogen-bond donors (Lipinski definition) is 5. The second kappa shape index (κ2) is 12.7. The molecule has 222 valence electrons. The normalized spacial score (nSPS) is 27.5. The van der Waals surface area contributed by atoms with Crippen LogP contribution < -0.4 is 4.90 Å². The third-order valence-electron chi connectivity index (χ3n) is 8.25. The Bertz CT molecular complexity index is 1380. The summed E-state index contributed by atoms with van der Waals surface area (Å²) in [4.78, 5) is 26.4. The number of β-lactam (4-membered cyclic amide) rings is 1. The van der Waals surface area contributed by atoms with Gasteiger partial charge in [0, 0.05) is 12.1 Å². The molecule has 2 saturated heterocycles. The fraction of sp³-hybridized carbons (Fsp3) is 0.375. The molecule has 0 radical (unpaired) electrons. The zero-order valence-corrected chi connectivity index (χ0v) is 22.8. The molecule has 1 amide bonds. The maximum atomic E-state index is 13.4. The van der Waals surface area contributed by atoms with Crippen molar-refractivity contribution in [2.75, 3.05) is 11.5 Å². The van der Waals surface area contributed by atoms with Crippen molar-refractivity contribution in [2.24, 2.45) is 5.92 Å². The summed E-state index contributed by atoms with van der Waals surface area (Å²) in [7, 11) is 0. The van der Waals surface area contributed by atoms with Crippen LogP contribution in [-0.2, 0) is 22.4 Å². The summed E-state index contributed by atoms with van der Waals surface area (Å²) in [5, 5.41) is 49.3. The highest BCUT2D eigenvalue weighted by molar-refractivity contribution is 6.03. The van der Waals surface area contributed by atoms with Gasteiger partial charge in [0.2, 0.25) is 5.91 Å². The van der Waals surface area contributed by atoms with E-state index in [1.807, 2.05) is 24.3 Å². The lowest BCUT2D eigenvalue weighted by atomic mass is 9.78. The standard InChI is InChI=1S/C32H34FNO8/c33-22-12-6-18(7-13-22)2-1-3-24-27(34(31(24)39)23-14-10-21(11-15-23)32(40)41)20-8-4-19(5-9-20)16-25-28(36)30(38)29(37)26(17-35)42-25/h4-15,24-30,35-38H,1-3,16-17H2,(H,40,41). The summed E-state index contributed by atoms with van der Waals surface area (Å²) in [6, 6.07) is 19.7. The molecule has 0 aliphatic carbocycles. The number of anilines is 1. The summed E-state index contributed by atoms with van der Waals surface area (Å²) in [6.07, 6.45) is -3.76. The van der Waals surface area contributed by atoms with Crippen molar-refractivity contribution in [3.05, 3.63) is 101 Å². The Balaban J connectivity index is 1.33. The van der Waals surface area contributed by atoms with E-state index in [0.29, 0.717) is 18.5 Å². The van der Waals surface area contributed by atoms with Gasteiger partial charge in [-0.25, -0.2) is 9.18 Å². The van der Waals surface area contributed by atoms with Gasteiger partial charge in [0.1, 0.15) is 30.2 Å². The predicted octanol–water partition coefficient (Wildman–Crippen LogP) is 2.64. The van der Waals surface area contributed by atoms with Gasteiger partial charge in [-0.1, -0.05) is 36.4 Å². The van der Waals surface area contributed by atoms with Crippen LogP contribution in [0.4, 0.5) is 10.1 Å². The van der Waals surface area contributed by atoms with Crippen LogP contribution in [0.1, 0.15) is 45.9 Å². The first kappa shape index (κ1) is 29.8. The SMILES string of the molecule is O=C(O)c1ccc(N2C(=O)C(CCCc3ccc(F)cc3)C2c2ccc(CC3OC(CO)C(O)C(O)C3O)cc2)cc1. The minimum atomic E-state index is -1.45. The Morgan fingerprint density at radius 2 is 1.45 bits per heavy atom. The van der Waals surface area contributed by atoms with Gasteiger partial charge < -0.3 is 35.2 Å². The van der Waals surface area contributed by atoms with Crippen molar-refractivity contribution in [3.63, 3.8) is 0 Å². The fourth-order valence-electron chi connectivity index (χ4n) is 5.87. The van der Waals surface area contributed by atoms with E-state index >= 15 is 0 Å². The molecule has 7 atom stereocenters. The van der Waals surface area contributed by atoms with Crippen LogP contribution in [-0.4, -0.2) is 74.5 Å². The number of ether oxygens (including phenoxy) is 1. The number of rotatable bonds is 10. The number of halogens is 1. The van der Waals surface area contributed by atoms with E-state index in [0.717, 1.165) is 23.1 Å². The minimum absolute atomic E-state index is 0.0624. The molecule has 2 heterocycles. The van der Waals surface area contributed by atoms with Crippen molar-refractivity contribution in [2.45, 2.75) is 62.2 Å². The molecule has 7 unspecified atom stereocenters.